The van der Waals surface area contributed by atoms with Crippen LogP contribution in [-0.2, 0) is 14.3 Å². The number of esters is 1. The van der Waals surface area contributed by atoms with Gasteiger partial charge in [0.05, 0.1) is 19.6 Å². The predicted octanol–water partition coefficient (Wildman–Crippen LogP) is 0.788. The molecule has 0 bridgehead atoms. The number of carbonyl (C=O) groups is 2. The summed E-state index contributed by atoms with van der Waals surface area (Å²) in [6.45, 7) is 6.89. The monoisotopic (exact) mass is 256 g/mol. The lowest BCUT2D eigenvalue weighted by molar-refractivity contribution is -0.143. The molecule has 1 aliphatic heterocycles. The summed E-state index contributed by atoms with van der Waals surface area (Å²) in [5.41, 5.74) is 0. The van der Waals surface area contributed by atoms with E-state index in [1.807, 2.05) is 4.90 Å². The molecule has 1 saturated heterocycles. The van der Waals surface area contributed by atoms with Gasteiger partial charge < -0.3 is 15.0 Å². The third-order valence-electron chi connectivity index (χ3n) is 3.10. The Balaban J connectivity index is 2.11. The highest BCUT2D eigenvalue weighted by Crippen LogP contribution is 2.14. The van der Waals surface area contributed by atoms with E-state index in [1.54, 1.807) is 6.92 Å². The molecule has 1 heterocycles. The number of hydrogen-bond donors (Lipinski definition) is 1. The minimum Gasteiger partial charge on any atom is -0.466 e. The smallest absolute Gasteiger partial charge is 0.307 e. The van der Waals surface area contributed by atoms with Crippen molar-refractivity contribution >= 4 is 11.9 Å². The summed E-state index contributed by atoms with van der Waals surface area (Å²) in [5.74, 6) is 0.511. The Morgan fingerprint density at radius 1 is 1.44 bits per heavy atom. The van der Waals surface area contributed by atoms with Crippen LogP contribution in [0.3, 0.4) is 0 Å². The van der Waals surface area contributed by atoms with E-state index >= 15 is 0 Å². The lowest BCUT2D eigenvalue weighted by Gasteiger charge is -2.31. The first-order valence-corrected chi connectivity index (χ1v) is 6.77. The van der Waals surface area contributed by atoms with Gasteiger partial charge in [-0.2, -0.15) is 0 Å². The van der Waals surface area contributed by atoms with Gasteiger partial charge in [0, 0.05) is 19.6 Å². The Kier molecular flexibility index (Phi) is 6.72. The molecule has 1 rings (SSSR count). The second kappa shape index (κ2) is 8.08. The fourth-order valence-electron chi connectivity index (χ4n) is 2.15. The predicted molar refractivity (Wildman–Crippen MR) is 69.1 cm³/mol. The first kappa shape index (κ1) is 15.0. The van der Waals surface area contributed by atoms with E-state index in [4.69, 9.17) is 4.74 Å². The first-order chi connectivity index (χ1) is 8.63. The largest absolute Gasteiger partial charge is 0.466 e. The van der Waals surface area contributed by atoms with E-state index in [1.165, 1.54) is 6.42 Å². The van der Waals surface area contributed by atoms with Crippen molar-refractivity contribution in [3.8, 4) is 0 Å². The Morgan fingerprint density at radius 2 is 2.22 bits per heavy atom. The molecule has 18 heavy (non-hydrogen) atoms. The van der Waals surface area contributed by atoms with E-state index in [9.17, 15) is 9.59 Å². The summed E-state index contributed by atoms with van der Waals surface area (Å²) in [7, 11) is 0. The second-order valence-corrected chi connectivity index (χ2v) is 4.82. The van der Waals surface area contributed by atoms with Crippen molar-refractivity contribution in [3.63, 3.8) is 0 Å². The summed E-state index contributed by atoms with van der Waals surface area (Å²) < 4.78 is 4.81. The topological polar surface area (TPSA) is 58.6 Å². The lowest BCUT2D eigenvalue weighted by atomic mass is 10.0. The summed E-state index contributed by atoms with van der Waals surface area (Å²) in [4.78, 5) is 24.8. The molecule has 1 amide bonds. The van der Waals surface area contributed by atoms with Crippen LogP contribution >= 0.6 is 0 Å². The number of hydrogen-bond acceptors (Lipinski definition) is 4. The molecule has 0 aromatic carbocycles. The third-order valence-corrected chi connectivity index (χ3v) is 3.10. The minimum absolute atomic E-state index is 0.130. The number of nitrogens with one attached hydrogen (secondary N) is 1. The van der Waals surface area contributed by atoms with Crippen molar-refractivity contribution in [1.82, 2.24) is 10.2 Å². The number of nitrogens with zero attached hydrogens (tertiary/aromatic N) is 1. The molecule has 0 spiro atoms. The molecule has 0 aromatic heterocycles. The highest BCUT2D eigenvalue weighted by molar-refractivity contribution is 5.78. The summed E-state index contributed by atoms with van der Waals surface area (Å²) >= 11 is 0. The van der Waals surface area contributed by atoms with Crippen molar-refractivity contribution in [3.05, 3.63) is 0 Å². The molecule has 1 aliphatic rings. The lowest BCUT2D eigenvalue weighted by Crippen LogP contribution is -2.43. The molecule has 1 N–H and O–H groups in total. The average molecular weight is 256 g/mol. The number of piperidine rings is 1. The van der Waals surface area contributed by atoms with Crippen LogP contribution < -0.4 is 5.32 Å². The molecule has 5 heteroatoms. The van der Waals surface area contributed by atoms with Crippen LogP contribution in [0.1, 0.15) is 33.1 Å². The zero-order chi connectivity index (χ0) is 13.4. The van der Waals surface area contributed by atoms with Crippen LogP contribution in [0, 0.1) is 5.92 Å². The van der Waals surface area contributed by atoms with Gasteiger partial charge in [0.2, 0.25) is 5.91 Å². The molecular weight excluding hydrogens is 232 g/mol. The Bertz CT molecular complexity index is 281. The number of carbonyl (C=O) groups excluding carboxylic acids is 2. The Morgan fingerprint density at radius 3 is 2.89 bits per heavy atom. The SMILES string of the molecule is CCOC(=O)CCNCC(=O)N1CCCC(C)C1. The van der Waals surface area contributed by atoms with Gasteiger partial charge in [-0.3, -0.25) is 9.59 Å². The average Bonchev–Trinajstić information content (AvgIpc) is 2.35. The van der Waals surface area contributed by atoms with Crippen LogP contribution in [0.5, 0.6) is 0 Å². The number of amides is 1. The van der Waals surface area contributed by atoms with E-state index in [0.29, 0.717) is 32.0 Å². The van der Waals surface area contributed by atoms with Gasteiger partial charge in [-0.1, -0.05) is 6.92 Å². The van der Waals surface area contributed by atoms with Crippen LogP contribution in [0.15, 0.2) is 0 Å². The fraction of sp³-hybridized carbons (Fsp3) is 0.846. The fourth-order valence-corrected chi connectivity index (χ4v) is 2.15. The molecule has 0 radical (unpaired) electrons. The molecule has 0 aliphatic carbocycles. The maximum absolute atomic E-state index is 11.9. The maximum atomic E-state index is 11.9. The van der Waals surface area contributed by atoms with Gasteiger partial charge in [-0.25, -0.2) is 0 Å². The molecule has 1 atom stereocenters. The molecule has 1 unspecified atom stereocenters. The van der Waals surface area contributed by atoms with Crippen molar-refractivity contribution in [2.24, 2.45) is 5.92 Å². The van der Waals surface area contributed by atoms with E-state index in [-0.39, 0.29) is 11.9 Å². The Labute approximate surface area is 109 Å². The summed E-state index contributed by atoms with van der Waals surface area (Å²) in [6.07, 6.45) is 2.62. The van der Waals surface area contributed by atoms with Gasteiger partial charge in [-0.15, -0.1) is 0 Å². The zero-order valence-corrected chi connectivity index (χ0v) is 11.4. The maximum Gasteiger partial charge on any atom is 0.307 e. The highest BCUT2D eigenvalue weighted by Gasteiger charge is 2.20. The molecule has 0 saturated carbocycles. The second-order valence-electron chi connectivity index (χ2n) is 4.82. The molecule has 0 aromatic rings. The standard InChI is InChI=1S/C13H24N2O3/c1-3-18-13(17)6-7-14-9-12(16)15-8-4-5-11(2)10-15/h11,14H,3-10H2,1-2H3. The Hall–Kier alpha value is -1.10. The van der Waals surface area contributed by atoms with Crippen molar-refractivity contribution in [2.45, 2.75) is 33.1 Å². The molecule has 1 fully saturated rings. The van der Waals surface area contributed by atoms with Crippen LogP contribution in [-0.4, -0.2) is 49.6 Å². The van der Waals surface area contributed by atoms with Crippen LogP contribution in [0.4, 0.5) is 0 Å². The quantitative estimate of drug-likeness (QED) is 0.564. The molecule has 104 valence electrons. The van der Waals surface area contributed by atoms with E-state index in [0.717, 1.165) is 19.5 Å². The highest BCUT2D eigenvalue weighted by atomic mass is 16.5. The van der Waals surface area contributed by atoms with Crippen molar-refractivity contribution < 1.29 is 14.3 Å². The molecular formula is C13H24N2O3. The van der Waals surface area contributed by atoms with E-state index < -0.39 is 0 Å². The number of ether oxygens (including phenoxy) is 1. The van der Waals surface area contributed by atoms with Gasteiger partial charge in [-0.05, 0) is 25.7 Å². The number of rotatable bonds is 6. The van der Waals surface area contributed by atoms with Gasteiger partial charge in [0.1, 0.15) is 0 Å². The van der Waals surface area contributed by atoms with Gasteiger partial charge >= 0.3 is 5.97 Å². The van der Waals surface area contributed by atoms with Crippen molar-refractivity contribution in [2.75, 3.05) is 32.8 Å². The van der Waals surface area contributed by atoms with E-state index in [2.05, 4.69) is 12.2 Å². The minimum atomic E-state index is -0.218. The normalized spacial score (nSPS) is 19.7. The van der Waals surface area contributed by atoms with Gasteiger partial charge in [0.25, 0.3) is 0 Å². The van der Waals surface area contributed by atoms with Crippen molar-refractivity contribution in [1.29, 1.82) is 0 Å². The summed E-state index contributed by atoms with van der Waals surface area (Å²) in [6, 6.07) is 0. The van der Waals surface area contributed by atoms with Crippen LogP contribution in [0.2, 0.25) is 0 Å². The first-order valence-electron chi connectivity index (χ1n) is 6.77. The summed E-state index contributed by atoms with van der Waals surface area (Å²) in [5, 5.41) is 2.99. The van der Waals surface area contributed by atoms with Gasteiger partial charge in [0.15, 0.2) is 0 Å². The van der Waals surface area contributed by atoms with Crippen LogP contribution in [0.25, 0.3) is 0 Å². The third kappa shape index (κ3) is 5.49. The zero-order valence-electron chi connectivity index (χ0n) is 11.4. The number of likely N-dealkylation sites (tertiary alicyclic amines) is 1. The molecule has 5 nitrogen and oxygen atoms in total.